The van der Waals surface area contributed by atoms with Crippen LogP contribution < -0.4 is 4.90 Å². The van der Waals surface area contributed by atoms with Gasteiger partial charge in [0, 0.05) is 32.4 Å². The molecule has 0 unspecified atom stereocenters. The number of rotatable bonds is 4. The molecular formula is C16H19FN4O. The van der Waals surface area contributed by atoms with E-state index in [0.717, 1.165) is 32.6 Å². The SMILES string of the molecule is CN(CC1CCOCC1)c1nncc(-c2cccc(F)c2)n1. The number of halogens is 1. The van der Waals surface area contributed by atoms with Gasteiger partial charge in [-0.25, -0.2) is 9.37 Å². The second-order valence-electron chi connectivity index (χ2n) is 5.59. The normalized spacial score (nSPS) is 15.7. The van der Waals surface area contributed by atoms with Gasteiger partial charge in [0.25, 0.3) is 0 Å². The van der Waals surface area contributed by atoms with Crippen molar-refractivity contribution in [2.75, 3.05) is 31.7 Å². The van der Waals surface area contributed by atoms with E-state index in [2.05, 4.69) is 15.2 Å². The maximum Gasteiger partial charge on any atom is 0.245 e. The Labute approximate surface area is 129 Å². The average molecular weight is 302 g/mol. The highest BCUT2D eigenvalue weighted by Crippen LogP contribution is 2.20. The summed E-state index contributed by atoms with van der Waals surface area (Å²) < 4.78 is 18.7. The van der Waals surface area contributed by atoms with Gasteiger partial charge in [0.1, 0.15) is 5.82 Å². The molecule has 0 aliphatic carbocycles. The minimum atomic E-state index is -0.284. The zero-order valence-corrected chi connectivity index (χ0v) is 12.6. The molecule has 1 aromatic heterocycles. The molecule has 116 valence electrons. The number of hydrogen-bond acceptors (Lipinski definition) is 5. The molecule has 0 radical (unpaired) electrons. The van der Waals surface area contributed by atoms with Crippen molar-refractivity contribution in [3.05, 3.63) is 36.3 Å². The van der Waals surface area contributed by atoms with Crippen molar-refractivity contribution < 1.29 is 9.13 Å². The Morgan fingerprint density at radius 3 is 2.91 bits per heavy atom. The minimum Gasteiger partial charge on any atom is -0.381 e. The second kappa shape index (κ2) is 6.79. The van der Waals surface area contributed by atoms with E-state index < -0.39 is 0 Å². The van der Waals surface area contributed by atoms with Gasteiger partial charge in [0.2, 0.25) is 5.95 Å². The van der Waals surface area contributed by atoms with E-state index in [1.807, 2.05) is 18.0 Å². The Morgan fingerprint density at radius 2 is 2.14 bits per heavy atom. The highest BCUT2D eigenvalue weighted by molar-refractivity contribution is 5.59. The Balaban J connectivity index is 1.75. The van der Waals surface area contributed by atoms with Crippen LogP contribution in [-0.4, -0.2) is 42.0 Å². The van der Waals surface area contributed by atoms with Crippen LogP contribution >= 0.6 is 0 Å². The molecule has 3 rings (SSSR count). The highest BCUT2D eigenvalue weighted by atomic mass is 19.1. The Bertz CT molecular complexity index is 631. The van der Waals surface area contributed by atoms with E-state index in [0.29, 0.717) is 23.1 Å². The summed E-state index contributed by atoms with van der Waals surface area (Å²) in [6, 6.07) is 6.34. The molecule has 0 bridgehead atoms. The van der Waals surface area contributed by atoms with Gasteiger partial charge >= 0.3 is 0 Å². The van der Waals surface area contributed by atoms with Gasteiger partial charge in [-0.1, -0.05) is 12.1 Å². The minimum absolute atomic E-state index is 0.284. The molecule has 22 heavy (non-hydrogen) atoms. The van der Waals surface area contributed by atoms with Crippen LogP contribution in [0.15, 0.2) is 30.5 Å². The van der Waals surface area contributed by atoms with Gasteiger partial charge in [-0.2, -0.15) is 5.10 Å². The summed E-state index contributed by atoms with van der Waals surface area (Å²) in [4.78, 5) is 6.51. The van der Waals surface area contributed by atoms with Crippen molar-refractivity contribution in [3.8, 4) is 11.3 Å². The maximum absolute atomic E-state index is 13.3. The predicted molar refractivity (Wildman–Crippen MR) is 82.0 cm³/mol. The van der Waals surface area contributed by atoms with Gasteiger partial charge in [-0.05, 0) is 30.9 Å². The first kappa shape index (κ1) is 14.8. The smallest absolute Gasteiger partial charge is 0.245 e. The highest BCUT2D eigenvalue weighted by Gasteiger charge is 2.17. The third-order valence-electron chi connectivity index (χ3n) is 3.88. The molecular weight excluding hydrogens is 283 g/mol. The molecule has 0 atom stereocenters. The lowest BCUT2D eigenvalue weighted by Gasteiger charge is -2.26. The van der Waals surface area contributed by atoms with Gasteiger partial charge in [0.05, 0.1) is 11.9 Å². The van der Waals surface area contributed by atoms with Crippen molar-refractivity contribution in [1.82, 2.24) is 15.2 Å². The molecule has 2 heterocycles. The fourth-order valence-electron chi connectivity index (χ4n) is 2.64. The van der Waals surface area contributed by atoms with E-state index in [1.165, 1.54) is 12.1 Å². The van der Waals surface area contributed by atoms with Crippen LogP contribution in [0.25, 0.3) is 11.3 Å². The zero-order valence-electron chi connectivity index (χ0n) is 12.6. The Kier molecular flexibility index (Phi) is 4.58. The summed E-state index contributed by atoms with van der Waals surface area (Å²) in [6.07, 6.45) is 3.67. The van der Waals surface area contributed by atoms with Crippen molar-refractivity contribution in [2.45, 2.75) is 12.8 Å². The zero-order chi connectivity index (χ0) is 15.4. The van der Waals surface area contributed by atoms with E-state index in [1.54, 1.807) is 12.3 Å². The van der Waals surface area contributed by atoms with Crippen LogP contribution in [0, 0.1) is 11.7 Å². The Hall–Kier alpha value is -2.08. The van der Waals surface area contributed by atoms with Crippen LogP contribution in [0.1, 0.15) is 12.8 Å². The number of anilines is 1. The van der Waals surface area contributed by atoms with Crippen LogP contribution in [0.5, 0.6) is 0 Å². The summed E-state index contributed by atoms with van der Waals surface area (Å²) in [7, 11) is 1.96. The molecule has 1 fully saturated rings. The fourth-order valence-corrected chi connectivity index (χ4v) is 2.64. The summed E-state index contributed by atoms with van der Waals surface area (Å²) in [6.45, 7) is 2.51. The third kappa shape index (κ3) is 3.57. The third-order valence-corrected chi connectivity index (χ3v) is 3.88. The van der Waals surface area contributed by atoms with E-state index in [9.17, 15) is 4.39 Å². The fraction of sp³-hybridized carbons (Fsp3) is 0.438. The van der Waals surface area contributed by atoms with E-state index in [4.69, 9.17) is 4.74 Å². The molecule has 1 aliphatic heterocycles. The molecule has 1 aliphatic rings. The number of hydrogen-bond donors (Lipinski definition) is 0. The van der Waals surface area contributed by atoms with Crippen LogP contribution in [0.3, 0.4) is 0 Å². The van der Waals surface area contributed by atoms with Gasteiger partial charge in [0.15, 0.2) is 0 Å². The molecule has 1 saturated heterocycles. The van der Waals surface area contributed by atoms with Gasteiger partial charge in [-0.15, -0.1) is 5.10 Å². The second-order valence-corrected chi connectivity index (χ2v) is 5.59. The molecule has 0 amide bonds. The molecule has 5 nitrogen and oxygen atoms in total. The molecule has 1 aromatic carbocycles. The topological polar surface area (TPSA) is 51.1 Å². The first-order valence-electron chi connectivity index (χ1n) is 7.47. The van der Waals surface area contributed by atoms with Crippen LogP contribution in [0.2, 0.25) is 0 Å². The summed E-state index contributed by atoms with van der Waals surface area (Å²) in [5, 5.41) is 8.10. The van der Waals surface area contributed by atoms with Gasteiger partial charge < -0.3 is 9.64 Å². The van der Waals surface area contributed by atoms with Crippen LogP contribution in [-0.2, 0) is 4.74 Å². The van der Waals surface area contributed by atoms with E-state index in [-0.39, 0.29) is 5.82 Å². The monoisotopic (exact) mass is 302 g/mol. The molecule has 0 N–H and O–H groups in total. The molecule has 2 aromatic rings. The molecule has 0 saturated carbocycles. The Morgan fingerprint density at radius 1 is 1.32 bits per heavy atom. The largest absolute Gasteiger partial charge is 0.381 e. The number of nitrogens with zero attached hydrogens (tertiary/aromatic N) is 4. The van der Waals surface area contributed by atoms with E-state index >= 15 is 0 Å². The quantitative estimate of drug-likeness (QED) is 0.868. The van der Waals surface area contributed by atoms with Crippen molar-refractivity contribution in [3.63, 3.8) is 0 Å². The average Bonchev–Trinajstić information content (AvgIpc) is 2.56. The number of benzene rings is 1. The molecule has 6 heteroatoms. The summed E-state index contributed by atoms with van der Waals surface area (Å²) in [5.41, 5.74) is 1.33. The summed E-state index contributed by atoms with van der Waals surface area (Å²) in [5.74, 6) is 0.863. The number of aromatic nitrogens is 3. The van der Waals surface area contributed by atoms with Crippen LogP contribution in [0.4, 0.5) is 10.3 Å². The standard InChI is InChI=1S/C16H19FN4O/c1-21(11-12-5-7-22-8-6-12)16-19-15(10-18-20-16)13-3-2-4-14(17)9-13/h2-4,9-10,12H,5-8,11H2,1H3. The lowest BCUT2D eigenvalue weighted by molar-refractivity contribution is 0.0684. The lowest BCUT2D eigenvalue weighted by Crippen LogP contribution is -2.30. The maximum atomic E-state index is 13.3. The summed E-state index contributed by atoms with van der Waals surface area (Å²) >= 11 is 0. The van der Waals surface area contributed by atoms with Crippen molar-refractivity contribution in [1.29, 1.82) is 0 Å². The lowest BCUT2D eigenvalue weighted by atomic mass is 10.00. The van der Waals surface area contributed by atoms with Crippen molar-refractivity contribution in [2.24, 2.45) is 5.92 Å². The first-order valence-corrected chi connectivity index (χ1v) is 7.47. The molecule has 0 spiro atoms. The first-order chi connectivity index (χ1) is 10.7. The number of ether oxygens (including phenoxy) is 1. The van der Waals surface area contributed by atoms with Crippen molar-refractivity contribution >= 4 is 5.95 Å². The predicted octanol–water partition coefficient (Wildman–Crippen LogP) is 2.54. The van der Waals surface area contributed by atoms with Gasteiger partial charge in [-0.3, -0.25) is 0 Å².